The first kappa shape index (κ1) is 9.39. The molecule has 0 fully saturated rings. The van der Waals surface area contributed by atoms with Crippen molar-refractivity contribution in [3.63, 3.8) is 0 Å². The van der Waals surface area contributed by atoms with E-state index < -0.39 is 0 Å². The maximum Gasteiger partial charge on any atom is 0.114 e. The maximum absolute atomic E-state index is 4.79. The van der Waals surface area contributed by atoms with Crippen molar-refractivity contribution in [2.24, 2.45) is 11.1 Å². The molecule has 0 atom stereocenters. The van der Waals surface area contributed by atoms with Crippen molar-refractivity contribution in [1.82, 2.24) is 0 Å². The zero-order valence-corrected chi connectivity index (χ0v) is 6.25. The van der Waals surface area contributed by atoms with E-state index in [9.17, 15) is 0 Å². The summed E-state index contributed by atoms with van der Waals surface area (Å²) in [6.07, 6.45) is 3.44. The molecule has 0 aliphatic carbocycles. The molecule has 60 valence electrons. The van der Waals surface area contributed by atoms with Gasteiger partial charge in [-0.2, -0.15) is 0 Å². The van der Waals surface area contributed by atoms with E-state index in [-0.39, 0.29) is 0 Å². The van der Waals surface area contributed by atoms with Crippen LogP contribution in [0.2, 0.25) is 0 Å². The molecule has 0 bridgehead atoms. The Balaban J connectivity index is 2.88. The van der Waals surface area contributed by atoms with Crippen molar-refractivity contribution in [2.75, 3.05) is 13.2 Å². The van der Waals surface area contributed by atoms with E-state index in [1.807, 2.05) is 6.92 Å². The van der Waals surface area contributed by atoms with Crippen LogP contribution in [-0.4, -0.2) is 19.4 Å². The highest BCUT2D eigenvalue weighted by molar-refractivity contribution is 5.56. The molecule has 0 aromatic rings. The van der Waals surface area contributed by atoms with Gasteiger partial charge in [-0.25, -0.2) is 5.90 Å². The molecule has 0 rings (SSSR count). The number of hydrogen-bond acceptors (Lipinski definition) is 4. The van der Waals surface area contributed by atoms with Gasteiger partial charge in [0.05, 0.1) is 6.61 Å². The topological polar surface area (TPSA) is 56.8 Å². The molecule has 0 saturated carbocycles. The van der Waals surface area contributed by atoms with E-state index in [1.54, 1.807) is 6.21 Å². The molecule has 0 aromatic carbocycles. The number of hydrogen-bond donors (Lipinski definition) is 1. The Labute approximate surface area is 60.9 Å². The molecule has 0 heterocycles. The number of nitrogens with zero attached hydrogens (tertiary/aromatic N) is 1. The molecular weight excluding hydrogens is 132 g/mol. The standard InChI is InChI=1S/C6H14N2O2/c1-2-10-8-5-3-4-6-9-7/h5H,2-4,6-7H2,1H3. The monoisotopic (exact) mass is 146 g/mol. The fourth-order valence-corrected chi connectivity index (χ4v) is 0.438. The van der Waals surface area contributed by atoms with E-state index in [1.165, 1.54) is 0 Å². The predicted molar refractivity (Wildman–Crippen MR) is 39.5 cm³/mol. The van der Waals surface area contributed by atoms with Gasteiger partial charge in [-0.15, -0.1) is 0 Å². The van der Waals surface area contributed by atoms with Gasteiger partial charge < -0.3 is 9.68 Å². The van der Waals surface area contributed by atoms with Gasteiger partial charge in [-0.05, 0) is 19.8 Å². The van der Waals surface area contributed by atoms with Gasteiger partial charge in [-0.1, -0.05) is 5.16 Å². The summed E-state index contributed by atoms with van der Waals surface area (Å²) in [7, 11) is 0. The van der Waals surface area contributed by atoms with Crippen molar-refractivity contribution in [2.45, 2.75) is 19.8 Å². The maximum atomic E-state index is 4.79. The number of nitrogens with two attached hydrogens (primary N) is 1. The Morgan fingerprint density at radius 2 is 2.40 bits per heavy atom. The highest BCUT2D eigenvalue weighted by Crippen LogP contribution is 1.84. The SMILES string of the molecule is CCON=CCCCON. The third kappa shape index (κ3) is 7.39. The minimum Gasteiger partial charge on any atom is -0.396 e. The van der Waals surface area contributed by atoms with Gasteiger partial charge in [0.15, 0.2) is 0 Å². The number of oxime groups is 1. The molecular formula is C6H14N2O2. The first-order valence-corrected chi connectivity index (χ1v) is 3.37. The minimum absolute atomic E-state index is 0.568. The second-order valence-corrected chi connectivity index (χ2v) is 1.72. The van der Waals surface area contributed by atoms with Crippen molar-refractivity contribution in [1.29, 1.82) is 0 Å². The smallest absolute Gasteiger partial charge is 0.114 e. The third-order valence-electron chi connectivity index (χ3n) is 0.874. The highest BCUT2D eigenvalue weighted by Gasteiger charge is 1.81. The Hall–Kier alpha value is -0.610. The summed E-state index contributed by atoms with van der Waals surface area (Å²) in [5.41, 5.74) is 0. The van der Waals surface area contributed by atoms with Crippen LogP contribution >= 0.6 is 0 Å². The van der Waals surface area contributed by atoms with Gasteiger partial charge in [-0.3, -0.25) is 0 Å². The van der Waals surface area contributed by atoms with Crippen molar-refractivity contribution < 1.29 is 9.68 Å². The molecule has 0 aromatic heterocycles. The van der Waals surface area contributed by atoms with E-state index in [0.717, 1.165) is 12.8 Å². The first-order valence-electron chi connectivity index (χ1n) is 3.37. The van der Waals surface area contributed by atoms with Crippen LogP contribution in [0.15, 0.2) is 5.16 Å². The van der Waals surface area contributed by atoms with Crippen LogP contribution in [0.25, 0.3) is 0 Å². The van der Waals surface area contributed by atoms with Crippen LogP contribution in [0.5, 0.6) is 0 Å². The summed E-state index contributed by atoms with van der Waals surface area (Å²) in [4.78, 5) is 9.06. The van der Waals surface area contributed by atoms with Crippen molar-refractivity contribution >= 4 is 6.21 Å². The lowest BCUT2D eigenvalue weighted by atomic mass is 10.3. The molecule has 0 aliphatic heterocycles. The first-order chi connectivity index (χ1) is 4.91. The Morgan fingerprint density at radius 3 is 3.00 bits per heavy atom. The second kappa shape index (κ2) is 8.39. The van der Waals surface area contributed by atoms with Crippen molar-refractivity contribution in [3.8, 4) is 0 Å². The number of rotatable bonds is 6. The molecule has 10 heavy (non-hydrogen) atoms. The normalized spacial score (nSPS) is 10.6. The van der Waals surface area contributed by atoms with Crippen molar-refractivity contribution in [3.05, 3.63) is 0 Å². The summed E-state index contributed by atoms with van der Waals surface area (Å²) >= 11 is 0. The Bertz CT molecular complexity index is 85.8. The van der Waals surface area contributed by atoms with Crippen LogP contribution in [0, 0.1) is 0 Å². The zero-order chi connectivity index (χ0) is 7.66. The van der Waals surface area contributed by atoms with Crippen LogP contribution in [-0.2, 0) is 9.68 Å². The molecule has 0 unspecified atom stereocenters. The highest BCUT2D eigenvalue weighted by atomic mass is 16.6. The lowest BCUT2D eigenvalue weighted by Gasteiger charge is -1.92. The average molecular weight is 146 g/mol. The number of unbranched alkanes of at least 4 members (excludes halogenated alkanes) is 1. The molecule has 0 amide bonds. The van der Waals surface area contributed by atoms with Gasteiger partial charge >= 0.3 is 0 Å². The fraction of sp³-hybridized carbons (Fsp3) is 0.833. The summed E-state index contributed by atoms with van der Waals surface area (Å²) < 4.78 is 0. The molecule has 4 heteroatoms. The molecule has 0 aliphatic rings. The van der Waals surface area contributed by atoms with E-state index in [4.69, 9.17) is 10.7 Å². The predicted octanol–water partition coefficient (Wildman–Crippen LogP) is 0.679. The van der Waals surface area contributed by atoms with Crippen LogP contribution in [0.4, 0.5) is 0 Å². The second-order valence-electron chi connectivity index (χ2n) is 1.72. The van der Waals surface area contributed by atoms with E-state index >= 15 is 0 Å². The van der Waals surface area contributed by atoms with Gasteiger partial charge in [0.1, 0.15) is 6.61 Å². The zero-order valence-electron chi connectivity index (χ0n) is 6.25. The third-order valence-corrected chi connectivity index (χ3v) is 0.874. The minimum atomic E-state index is 0.568. The van der Waals surface area contributed by atoms with Crippen LogP contribution in [0.3, 0.4) is 0 Å². The van der Waals surface area contributed by atoms with Crippen LogP contribution in [0.1, 0.15) is 19.8 Å². The largest absolute Gasteiger partial charge is 0.396 e. The molecule has 0 spiro atoms. The Kier molecular flexibility index (Phi) is 7.88. The summed E-state index contributed by atoms with van der Waals surface area (Å²) in [5.74, 6) is 4.79. The average Bonchev–Trinajstić information content (AvgIpc) is 1.97. The summed E-state index contributed by atoms with van der Waals surface area (Å²) in [6.45, 7) is 3.07. The summed E-state index contributed by atoms with van der Waals surface area (Å²) in [5, 5.41) is 3.64. The quantitative estimate of drug-likeness (QED) is 0.340. The van der Waals surface area contributed by atoms with Gasteiger partial charge in [0.25, 0.3) is 0 Å². The van der Waals surface area contributed by atoms with Gasteiger partial charge in [0, 0.05) is 6.21 Å². The van der Waals surface area contributed by atoms with E-state index in [2.05, 4.69) is 9.99 Å². The Morgan fingerprint density at radius 1 is 1.60 bits per heavy atom. The summed E-state index contributed by atoms with van der Waals surface area (Å²) in [6, 6.07) is 0. The fourth-order valence-electron chi connectivity index (χ4n) is 0.438. The van der Waals surface area contributed by atoms with Gasteiger partial charge in [0.2, 0.25) is 0 Å². The molecule has 0 radical (unpaired) electrons. The van der Waals surface area contributed by atoms with E-state index in [0.29, 0.717) is 13.2 Å². The molecule has 2 N–H and O–H groups in total. The molecule has 0 saturated heterocycles. The lowest BCUT2D eigenvalue weighted by molar-refractivity contribution is 0.136. The molecule has 4 nitrogen and oxygen atoms in total. The van der Waals surface area contributed by atoms with Crippen LogP contribution < -0.4 is 5.90 Å². The lowest BCUT2D eigenvalue weighted by Crippen LogP contribution is -2.00.